The van der Waals surface area contributed by atoms with Crippen molar-refractivity contribution in [1.82, 2.24) is 15.5 Å². The van der Waals surface area contributed by atoms with Crippen molar-refractivity contribution in [1.29, 1.82) is 0 Å². The van der Waals surface area contributed by atoms with E-state index in [4.69, 9.17) is 9.15 Å². The maximum Gasteiger partial charge on any atom is 0.407 e. The summed E-state index contributed by atoms with van der Waals surface area (Å²) in [6.07, 6.45) is 1.29. The third kappa shape index (κ3) is 4.70. The van der Waals surface area contributed by atoms with Gasteiger partial charge >= 0.3 is 6.09 Å². The average Bonchev–Trinajstić information content (AvgIpc) is 2.72. The predicted molar refractivity (Wildman–Crippen MR) is 74.5 cm³/mol. The number of aliphatic hydroxyl groups excluding tert-OH is 1. The highest BCUT2D eigenvalue weighted by Crippen LogP contribution is 2.30. The van der Waals surface area contributed by atoms with Gasteiger partial charge in [-0.3, -0.25) is 0 Å². The van der Waals surface area contributed by atoms with Gasteiger partial charge in [0.25, 0.3) is 0 Å². The van der Waals surface area contributed by atoms with E-state index in [1.807, 2.05) is 20.8 Å². The van der Waals surface area contributed by atoms with E-state index in [1.54, 1.807) is 6.92 Å². The SMILES string of the molecule is C[C@@H](O)c1nnc(CC2CC(NC(=O)OC(C)(C)C)C2)o1. The molecule has 0 unspecified atom stereocenters. The first-order valence-corrected chi connectivity index (χ1v) is 7.23. The van der Waals surface area contributed by atoms with Gasteiger partial charge in [0.15, 0.2) is 0 Å². The van der Waals surface area contributed by atoms with Crippen LogP contribution in [0.4, 0.5) is 4.79 Å². The van der Waals surface area contributed by atoms with Crippen LogP contribution in [0, 0.1) is 5.92 Å². The number of alkyl carbamates (subject to hydrolysis) is 1. The molecular weight excluding hydrogens is 274 g/mol. The van der Waals surface area contributed by atoms with Crippen LogP contribution in [0.25, 0.3) is 0 Å². The van der Waals surface area contributed by atoms with Crippen molar-refractivity contribution in [2.24, 2.45) is 5.92 Å². The van der Waals surface area contributed by atoms with Crippen LogP contribution in [0.3, 0.4) is 0 Å². The second-order valence-electron chi connectivity index (χ2n) is 6.59. The van der Waals surface area contributed by atoms with Gasteiger partial charge in [-0.25, -0.2) is 4.79 Å². The molecular formula is C14H23N3O4. The minimum absolute atomic E-state index is 0.143. The lowest BCUT2D eigenvalue weighted by molar-refractivity contribution is 0.0450. The number of carbonyl (C=O) groups is 1. The van der Waals surface area contributed by atoms with Gasteiger partial charge in [-0.2, -0.15) is 0 Å². The van der Waals surface area contributed by atoms with Gasteiger partial charge in [0.2, 0.25) is 11.8 Å². The summed E-state index contributed by atoms with van der Waals surface area (Å²) in [4.78, 5) is 11.6. The van der Waals surface area contributed by atoms with Crippen LogP contribution in [-0.2, 0) is 11.2 Å². The summed E-state index contributed by atoms with van der Waals surface area (Å²) < 4.78 is 10.6. The van der Waals surface area contributed by atoms with Gasteiger partial charge in [-0.15, -0.1) is 10.2 Å². The van der Waals surface area contributed by atoms with Crippen LogP contribution in [0.15, 0.2) is 4.42 Å². The molecule has 1 saturated carbocycles. The molecule has 2 rings (SSSR count). The smallest absolute Gasteiger partial charge is 0.407 e. The van der Waals surface area contributed by atoms with Crippen LogP contribution in [0.2, 0.25) is 0 Å². The molecule has 118 valence electrons. The number of rotatable bonds is 4. The first kappa shape index (κ1) is 15.8. The highest BCUT2D eigenvalue weighted by molar-refractivity contribution is 5.68. The molecule has 7 nitrogen and oxygen atoms in total. The fourth-order valence-electron chi connectivity index (χ4n) is 2.26. The molecule has 21 heavy (non-hydrogen) atoms. The molecule has 7 heteroatoms. The number of amides is 1. The van der Waals surface area contributed by atoms with Gasteiger partial charge in [0.1, 0.15) is 11.7 Å². The number of hydrogen-bond acceptors (Lipinski definition) is 6. The molecule has 0 spiro atoms. The summed E-state index contributed by atoms with van der Waals surface area (Å²) in [5, 5.41) is 19.8. The van der Waals surface area contributed by atoms with Crippen molar-refractivity contribution in [3.63, 3.8) is 0 Å². The molecule has 1 heterocycles. The summed E-state index contributed by atoms with van der Waals surface area (Å²) in [5.74, 6) is 1.19. The zero-order valence-corrected chi connectivity index (χ0v) is 12.9. The lowest BCUT2D eigenvalue weighted by Crippen LogP contribution is -2.46. The molecule has 0 radical (unpaired) electrons. The van der Waals surface area contributed by atoms with Crippen molar-refractivity contribution < 1.29 is 19.1 Å². The van der Waals surface area contributed by atoms with E-state index in [0.717, 1.165) is 12.8 Å². The maximum absolute atomic E-state index is 11.6. The quantitative estimate of drug-likeness (QED) is 0.881. The topological polar surface area (TPSA) is 97.5 Å². The Kier molecular flexibility index (Phi) is 4.51. The molecule has 1 fully saturated rings. The number of carbonyl (C=O) groups excluding carboxylic acids is 1. The third-order valence-electron chi connectivity index (χ3n) is 3.26. The van der Waals surface area contributed by atoms with Crippen molar-refractivity contribution in [2.75, 3.05) is 0 Å². The number of nitrogens with one attached hydrogen (secondary N) is 1. The lowest BCUT2D eigenvalue weighted by atomic mass is 9.78. The highest BCUT2D eigenvalue weighted by Gasteiger charge is 2.32. The summed E-state index contributed by atoms with van der Waals surface area (Å²) in [6, 6.07) is 0.143. The van der Waals surface area contributed by atoms with Gasteiger partial charge in [-0.05, 0) is 46.5 Å². The molecule has 0 bridgehead atoms. The van der Waals surface area contributed by atoms with Crippen LogP contribution < -0.4 is 5.32 Å². The van der Waals surface area contributed by atoms with E-state index in [9.17, 15) is 9.90 Å². The zero-order valence-electron chi connectivity index (χ0n) is 12.9. The minimum atomic E-state index is -0.741. The number of aromatic nitrogens is 2. The normalized spacial score (nSPS) is 23.3. The largest absolute Gasteiger partial charge is 0.444 e. The van der Waals surface area contributed by atoms with E-state index >= 15 is 0 Å². The van der Waals surface area contributed by atoms with Crippen LogP contribution in [-0.4, -0.2) is 33.0 Å². The van der Waals surface area contributed by atoms with Crippen molar-refractivity contribution >= 4 is 6.09 Å². The van der Waals surface area contributed by atoms with Gasteiger partial charge in [0, 0.05) is 12.5 Å². The lowest BCUT2D eigenvalue weighted by Gasteiger charge is -2.35. The Morgan fingerprint density at radius 1 is 1.48 bits per heavy atom. The predicted octanol–water partition coefficient (Wildman–Crippen LogP) is 1.97. The standard InChI is InChI=1S/C14H23N3O4/c1-8(18)12-17-16-11(20-12)7-9-5-10(6-9)15-13(19)21-14(2,3)4/h8-10,18H,5-7H2,1-4H3,(H,15,19)/t8-,9?,10?/m1/s1. The molecule has 1 aliphatic rings. The van der Waals surface area contributed by atoms with Gasteiger partial charge < -0.3 is 19.6 Å². The number of hydrogen-bond donors (Lipinski definition) is 2. The molecule has 2 N–H and O–H groups in total. The van der Waals surface area contributed by atoms with Crippen LogP contribution in [0.5, 0.6) is 0 Å². The monoisotopic (exact) mass is 297 g/mol. The Hall–Kier alpha value is -1.63. The first-order valence-electron chi connectivity index (χ1n) is 7.23. The van der Waals surface area contributed by atoms with Crippen LogP contribution >= 0.6 is 0 Å². The van der Waals surface area contributed by atoms with E-state index < -0.39 is 11.7 Å². The Morgan fingerprint density at radius 3 is 2.67 bits per heavy atom. The molecule has 1 aromatic heterocycles. The number of aliphatic hydroxyl groups is 1. The summed E-state index contributed by atoms with van der Waals surface area (Å²) in [7, 11) is 0. The van der Waals surface area contributed by atoms with Crippen molar-refractivity contribution in [3.8, 4) is 0 Å². The minimum Gasteiger partial charge on any atom is -0.444 e. The third-order valence-corrected chi connectivity index (χ3v) is 3.26. The summed E-state index contributed by atoms with van der Waals surface area (Å²) in [5.41, 5.74) is -0.478. The van der Waals surface area contributed by atoms with E-state index in [2.05, 4.69) is 15.5 Å². The molecule has 1 aromatic rings. The molecule has 0 aliphatic heterocycles. The Labute approximate surface area is 124 Å². The molecule has 0 aromatic carbocycles. The van der Waals surface area contributed by atoms with E-state index in [0.29, 0.717) is 18.2 Å². The van der Waals surface area contributed by atoms with Crippen molar-refractivity contribution in [2.45, 2.75) is 64.7 Å². The van der Waals surface area contributed by atoms with Crippen molar-refractivity contribution in [3.05, 3.63) is 11.8 Å². The highest BCUT2D eigenvalue weighted by atomic mass is 16.6. The zero-order chi connectivity index (χ0) is 15.6. The van der Waals surface area contributed by atoms with Gasteiger partial charge in [-0.1, -0.05) is 0 Å². The van der Waals surface area contributed by atoms with Crippen LogP contribution in [0.1, 0.15) is 58.4 Å². The van der Waals surface area contributed by atoms with Gasteiger partial charge in [0.05, 0.1) is 0 Å². The maximum atomic E-state index is 11.6. The van der Waals surface area contributed by atoms with E-state index in [-0.39, 0.29) is 18.0 Å². The Morgan fingerprint density at radius 2 is 2.14 bits per heavy atom. The Bertz CT molecular complexity index is 487. The molecule has 0 saturated heterocycles. The Balaban J connectivity index is 1.70. The second-order valence-corrected chi connectivity index (χ2v) is 6.59. The molecule has 1 aliphatic carbocycles. The molecule has 1 amide bonds. The average molecular weight is 297 g/mol. The second kappa shape index (κ2) is 6.01. The van der Waals surface area contributed by atoms with E-state index in [1.165, 1.54) is 0 Å². The number of ether oxygens (including phenoxy) is 1. The first-order chi connectivity index (χ1) is 9.73. The fraction of sp³-hybridized carbons (Fsp3) is 0.786. The summed E-state index contributed by atoms with van der Waals surface area (Å²) >= 11 is 0. The summed E-state index contributed by atoms with van der Waals surface area (Å²) in [6.45, 7) is 7.10. The number of nitrogens with zero attached hydrogens (tertiary/aromatic N) is 2. The fourth-order valence-corrected chi connectivity index (χ4v) is 2.26. The molecule has 1 atom stereocenters.